The molecule has 0 saturated heterocycles. The third-order valence-electron chi connectivity index (χ3n) is 3.63. The molecule has 0 heterocycles. The van der Waals surface area contributed by atoms with Crippen LogP contribution in [-0.2, 0) is 0 Å². The van der Waals surface area contributed by atoms with Crippen molar-refractivity contribution in [1.82, 2.24) is 5.32 Å². The van der Waals surface area contributed by atoms with Crippen LogP contribution in [0.4, 0.5) is 5.69 Å². The van der Waals surface area contributed by atoms with Crippen LogP contribution >= 0.6 is 0 Å². The van der Waals surface area contributed by atoms with Gasteiger partial charge >= 0.3 is 0 Å². The zero-order chi connectivity index (χ0) is 13.8. The average molecular weight is 260 g/mol. The summed E-state index contributed by atoms with van der Waals surface area (Å²) in [5.74, 6) is 0.623. The van der Waals surface area contributed by atoms with Gasteiger partial charge in [0.15, 0.2) is 0 Å². The summed E-state index contributed by atoms with van der Waals surface area (Å²) in [6.45, 7) is 6.61. The molecule has 0 radical (unpaired) electrons. The second-order valence-corrected chi connectivity index (χ2v) is 5.73. The van der Waals surface area contributed by atoms with Crippen molar-refractivity contribution in [3.63, 3.8) is 0 Å². The van der Waals surface area contributed by atoms with Gasteiger partial charge in [0.1, 0.15) is 0 Å². The lowest BCUT2D eigenvalue weighted by Gasteiger charge is -2.22. The maximum absolute atomic E-state index is 12.0. The molecule has 1 atom stereocenters. The number of nitrogens with one attached hydrogen (secondary N) is 2. The second kappa shape index (κ2) is 6.09. The third-order valence-corrected chi connectivity index (χ3v) is 3.63. The van der Waals surface area contributed by atoms with Crippen molar-refractivity contribution in [2.24, 2.45) is 5.92 Å². The lowest BCUT2D eigenvalue weighted by molar-refractivity contribution is 0.0951. The van der Waals surface area contributed by atoms with E-state index in [1.165, 1.54) is 0 Å². The summed E-state index contributed by atoms with van der Waals surface area (Å²) in [6, 6.07) is 8.64. The molecule has 2 rings (SSSR count). The molecular formula is C16H24N2O. The van der Waals surface area contributed by atoms with E-state index >= 15 is 0 Å². The normalized spacial score (nSPS) is 16.2. The average Bonchev–Trinajstić information content (AvgIpc) is 3.19. The first-order valence-corrected chi connectivity index (χ1v) is 7.27. The molecule has 1 aliphatic rings. The molecule has 104 valence electrons. The minimum Gasteiger partial charge on any atom is -0.382 e. The fourth-order valence-electron chi connectivity index (χ4n) is 2.20. The van der Waals surface area contributed by atoms with Gasteiger partial charge in [-0.05, 0) is 43.4 Å². The van der Waals surface area contributed by atoms with Crippen LogP contribution in [0.25, 0.3) is 0 Å². The molecule has 1 amide bonds. The molecule has 19 heavy (non-hydrogen) atoms. The molecule has 3 nitrogen and oxygen atoms in total. The number of amides is 1. The highest BCUT2D eigenvalue weighted by Crippen LogP contribution is 2.20. The third kappa shape index (κ3) is 3.98. The molecule has 0 aliphatic heterocycles. The maximum Gasteiger partial charge on any atom is 0.251 e. The SMILES string of the molecule is CCC(Nc1cccc(C(=O)NC2CC2)c1)C(C)C. The van der Waals surface area contributed by atoms with Crippen LogP contribution in [-0.4, -0.2) is 18.0 Å². The number of hydrogen-bond acceptors (Lipinski definition) is 2. The van der Waals surface area contributed by atoms with Gasteiger partial charge in [-0.3, -0.25) is 4.79 Å². The van der Waals surface area contributed by atoms with Gasteiger partial charge in [0.25, 0.3) is 5.91 Å². The van der Waals surface area contributed by atoms with Gasteiger partial charge in [-0.2, -0.15) is 0 Å². The van der Waals surface area contributed by atoms with E-state index in [1.807, 2.05) is 24.3 Å². The van der Waals surface area contributed by atoms with E-state index in [9.17, 15) is 4.79 Å². The molecule has 1 unspecified atom stereocenters. The Balaban J connectivity index is 2.03. The van der Waals surface area contributed by atoms with Crippen LogP contribution < -0.4 is 10.6 Å². The van der Waals surface area contributed by atoms with E-state index in [0.717, 1.165) is 30.5 Å². The molecular weight excluding hydrogens is 236 g/mol. The Hall–Kier alpha value is -1.51. The quantitative estimate of drug-likeness (QED) is 0.822. The highest BCUT2D eigenvalue weighted by Gasteiger charge is 2.23. The van der Waals surface area contributed by atoms with Gasteiger partial charge in [-0.15, -0.1) is 0 Å². The molecule has 1 aliphatic carbocycles. The minimum absolute atomic E-state index is 0.0451. The van der Waals surface area contributed by atoms with Gasteiger partial charge in [0.05, 0.1) is 0 Å². The van der Waals surface area contributed by atoms with Crippen molar-refractivity contribution in [3.8, 4) is 0 Å². The molecule has 2 N–H and O–H groups in total. The van der Waals surface area contributed by atoms with Crippen molar-refractivity contribution in [3.05, 3.63) is 29.8 Å². The Morgan fingerprint density at radius 3 is 2.68 bits per heavy atom. The summed E-state index contributed by atoms with van der Waals surface area (Å²) < 4.78 is 0. The van der Waals surface area contributed by atoms with E-state index in [-0.39, 0.29) is 5.91 Å². The Labute approximate surface area is 115 Å². The molecule has 0 spiro atoms. The van der Waals surface area contributed by atoms with Crippen LogP contribution in [0, 0.1) is 5.92 Å². The molecule has 0 aromatic heterocycles. The summed E-state index contributed by atoms with van der Waals surface area (Å²) in [6.07, 6.45) is 3.32. The molecule has 3 heteroatoms. The minimum atomic E-state index is 0.0451. The second-order valence-electron chi connectivity index (χ2n) is 5.73. The number of hydrogen-bond donors (Lipinski definition) is 2. The lowest BCUT2D eigenvalue weighted by Crippen LogP contribution is -2.26. The van der Waals surface area contributed by atoms with Crippen LogP contribution in [0.2, 0.25) is 0 Å². The van der Waals surface area contributed by atoms with Crippen molar-refractivity contribution < 1.29 is 4.79 Å². The largest absolute Gasteiger partial charge is 0.382 e. The van der Waals surface area contributed by atoms with E-state index in [1.54, 1.807) is 0 Å². The maximum atomic E-state index is 12.0. The highest BCUT2D eigenvalue weighted by atomic mass is 16.1. The summed E-state index contributed by atoms with van der Waals surface area (Å²) in [7, 11) is 0. The first-order chi connectivity index (χ1) is 9.10. The number of carbonyl (C=O) groups excluding carboxylic acids is 1. The Kier molecular flexibility index (Phi) is 4.46. The Morgan fingerprint density at radius 2 is 2.11 bits per heavy atom. The standard InChI is InChI=1S/C16H24N2O/c1-4-15(11(2)3)17-14-7-5-6-12(10-14)16(19)18-13-8-9-13/h5-7,10-11,13,15,17H,4,8-9H2,1-3H3,(H,18,19). The van der Waals surface area contributed by atoms with E-state index < -0.39 is 0 Å². The number of benzene rings is 1. The van der Waals surface area contributed by atoms with Crippen molar-refractivity contribution in [1.29, 1.82) is 0 Å². The van der Waals surface area contributed by atoms with Crippen LogP contribution in [0.3, 0.4) is 0 Å². The molecule has 1 saturated carbocycles. The fourth-order valence-corrected chi connectivity index (χ4v) is 2.20. The predicted molar refractivity (Wildman–Crippen MR) is 79.5 cm³/mol. The van der Waals surface area contributed by atoms with E-state index in [4.69, 9.17) is 0 Å². The van der Waals surface area contributed by atoms with Crippen LogP contribution in [0.5, 0.6) is 0 Å². The molecule has 0 bridgehead atoms. The highest BCUT2D eigenvalue weighted by molar-refractivity contribution is 5.95. The first kappa shape index (κ1) is 13.9. The first-order valence-electron chi connectivity index (χ1n) is 7.27. The zero-order valence-corrected chi connectivity index (χ0v) is 12.1. The van der Waals surface area contributed by atoms with Gasteiger partial charge in [-0.25, -0.2) is 0 Å². The van der Waals surface area contributed by atoms with Gasteiger partial charge in [0.2, 0.25) is 0 Å². The number of rotatable bonds is 6. The van der Waals surface area contributed by atoms with Crippen molar-refractivity contribution in [2.45, 2.75) is 52.1 Å². The van der Waals surface area contributed by atoms with Crippen LogP contribution in [0.15, 0.2) is 24.3 Å². The monoisotopic (exact) mass is 260 g/mol. The molecule has 1 aromatic carbocycles. The van der Waals surface area contributed by atoms with Gasteiger partial charge in [0, 0.05) is 23.3 Å². The molecule has 1 aromatic rings. The van der Waals surface area contributed by atoms with E-state index in [2.05, 4.69) is 31.4 Å². The summed E-state index contributed by atoms with van der Waals surface area (Å²) in [5.41, 5.74) is 1.78. The fraction of sp³-hybridized carbons (Fsp3) is 0.562. The Morgan fingerprint density at radius 1 is 1.37 bits per heavy atom. The van der Waals surface area contributed by atoms with E-state index in [0.29, 0.717) is 18.0 Å². The topological polar surface area (TPSA) is 41.1 Å². The number of carbonyl (C=O) groups is 1. The lowest BCUT2D eigenvalue weighted by atomic mass is 10.0. The zero-order valence-electron chi connectivity index (χ0n) is 12.1. The molecule has 1 fully saturated rings. The van der Waals surface area contributed by atoms with Crippen molar-refractivity contribution >= 4 is 11.6 Å². The van der Waals surface area contributed by atoms with Crippen LogP contribution in [0.1, 0.15) is 50.4 Å². The van der Waals surface area contributed by atoms with Gasteiger partial charge in [-0.1, -0.05) is 26.8 Å². The van der Waals surface area contributed by atoms with Crippen molar-refractivity contribution in [2.75, 3.05) is 5.32 Å². The summed E-state index contributed by atoms with van der Waals surface area (Å²) in [5, 5.41) is 6.53. The summed E-state index contributed by atoms with van der Waals surface area (Å²) >= 11 is 0. The van der Waals surface area contributed by atoms with Gasteiger partial charge < -0.3 is 10.6 Å². The predicted octanol–water partition coefficient (Wildman–Crippen LogP) is 3.43. The summed E-state index contributed by atoms with van der Waals surface area (Å²) in [4.78, 5) is 12.0. The number of anilines is 1. The Bertz CT molecular complexity index is 438. The smallest absolute Gasteiger partial charge is 0.251 e.